The van der Waals surface area contributed by atoms with E-state index in [0.29, 0.717) is 37.6 Å². The van der Waals surface area contributed by atoms with E-state index >= 15 is 0 Å². The Morgan fingerprint density at radius 3 is 2.36 bits per heavy atom. The first-order chi connectivity index (χ1) is 13.6. The Labute approximate surface area is 159 Å². The number of hydrogen-bond donors (Lipinski definition) is 0. The van der Waals surface area contributed by atoms with E-state index in [2.05, 4.69) is 25.0 Å². The molecule has 1 aliphatic heterocycles. The molecule has 1 amide bonds. The lowest BCUT2D eigenvalue weighted by Gasteiger charge is -2.35. The Kier molecular flexibility index (Phi) is 4.62. The van der Waals surface area contributed by atoms with Gasteiger partial charge in [0, 0.05) is 49.9 Å². The molecule has 28 heavy (non-hydrogen) atoms. The van der Waals surface area contributed by atoms with Gasteiger partial charge in [-0.1, -0.05) is 0 Å². The van der Waals surface area contributed by atoms with Gasteiger partial charge in [-0.25, -0.2) is 19.6 Å². The lowest BCUT2D eigenvalue weighted by atomic mass is 10.1. The first-order valence-electron chi connectivity index (χ1n) is 8.57. The van der Waals surface area contributed by atoms with E-state index < -0.39 is 4.92 Å². The fourth-order valence-electron chi connectivity index (χ4n) is 3.01. The molecule has 0 spiro atoms. The van der Waals surface area contributed by atoms with E-state index in [1.165, 1.54) is 36.9 Å². The lowest BCUT2D eigenvalue weighted by Crippen LogP contribution is -2.49. The van der Waals surface area contributed by atoms with Crippen LogP contribution in [0, 0.1) is 10.1 Å². The Balaban J connectivity index is 1.41. The highest BCUT2D eigenvalue weighted by Gasteiger charge is 2.23. The number of nitro groups is 1. The molecule has 0 N–H and O–H groups in total. The topological polar surface area (TPSA) is 123 Å². The predicted octanol–water partition coefficient (Wildman–Crippen LogP) is 0.928. The number of nitrogens with zero attached hydrogens (tertiary/aromatic N) is 8. The second-order valence-corrected chi connectivity index (χ2v) is 6.16. The number of carbonyl (C=O) groups is 1. The Morgan fingerprint density at radius 1 is 1.00 bits per heavy atom. The third-order valence-corrected chi connectivity index (χ3v) is 4.51. The molecule has 1 aliphatic rings. The third kappa shape index (κ3) is 3.49. The summed E-state index contributed by atoms with van der Waals surface area (Å²) in [6, 6.07) is 7.48. The summed E-state index contributed by atoms with van der Waals surface area (Å²) < 4.78 is 1.56. The van der Waals surface area contributed by atoms with Gasteiger partial charge in [0.25, 0.3) is 11.6 Å². The van der Waals surface area contributed by atoms with Gasteiger partial charge in [-0.05, 0) is 12.1 Å². The molecule has 0 unspecified atom stereocenters. The van der Waals surface area contributed by atoms with Crippen LogP contribution in [0.5, 0.6) is 0 Å². The quantitative estimate of drug-likeness (QED) is 0.484. The predicted molar refractivity (Wildman–Crippen MR) is 98.2 cm³/mol. The van der Waals surface area contributed by atoms with Crippen LogP contribution in [-0.2, 0) is 0 Å². The number of aromatic nitrogens is 5. The zero-order valence-corrected chi connectivity index (χ0v) is 14.7. The van der Waals surface area contributed by atoms with Crippen LogP contribution in [0.1, 0.15) is 10.4 Å². The summed E-state index contributed by atoms with van der Waals surface area (Å²) in [6.45, 7) is 2.29. The molecular formula is C17H16N8O3. The second kappa shape index (κ2) is 7.39. The van der Waals surface area contributed by atoms with Gasteiger partial charge < -0.3 is 9.80 Å². The molecule has 1 saturated heterocycles. The monoisotopic (exact) mass is 380 g/mol. The molecular weight excluding hydrogens is 364 g/mol. The zero-order valence-electron chi connectivity index (χ0n) is 14.7. The van der Waals surface area contributed by atoms with E-state index in [1.807, 2.05) is 6.07 Å². The van der Waals surface area contributed by atoms with Gasteiger partial charge in [0.2, 0.25) is 0 Å². The van der Waals surface area contributed by atoms with Gasteiger partial charge in [-0.15, -0.1) is 0 Å². The summed E-state index contributed by atoms with van der Waals surface area (Å²) in [7, 11) is 0. The van der Waals surface area contributed by atoms with Crippen molar-refractivity contribution in [2.24, 2.45) is 0 Å². The molecule has 1 fully saturated rings. The smallest absolute Gasteiger partial charge is 0.269 e. The van der Waals surface area contributed by atoms with Crippen molar-refractivity contribution in [2.75, 3.05) is 31.1 Å². The van der Waals surface area contributed by atoms with E-state index in [1.54, 1.807) is 15.9 Å². The summed E-state index contributed by atoms with van der Waals surface area (Å²) in [5, 5.41) is 14.8. The molecule has 142 valence electrons. The van der Waals surface area contributed by atoms with Crippen molar-refractivity contribution < 1.29 is 9.72 Å². The molecule has 2 aromatic heterocycles. The summed E-state index contributed by atoms with van der Waals surface area (Å²) in [5.74, 6) is 1.23. The van der Waals surface area contributed by atoms with Crippen LogP contribution in [0.2, 0.25) is 0 Å². The fourth-order valence-corrected chi connectivity index (χ4v) is 3.01. The van der Waals surface area contributed by atoms with Crippen LogP contribution in [0.4, 0.5) is 11.5 Å². The van der Waals surface area contributed by atoms with Crippen molar-refractivity contribution in [3.05, 3.63) is 65.0 Å². The molecule has 11 heteroatoms. The third-order valence-electron chi connectivity index (χ3n) is 4.51. The van der Waals surface area contributed by atoms with Crippen LogP contribution in [0.15, 0.2) is 49.3 Å². The SMILES string of the molecule is O=C(c1ccc([N+](=O)[O-])cc1)N1CCN(c2cc(-n3cncn3)ncn2)CC1. The number of rotatable bonds is 4. The molecule has 1 aromatic carbocycles. The highest BCUT2D eigenvalue weighted by molar-refractivity contribution is 5.94. The number of anilines is 1. The summed E-state index contributed by atoms with van der Waals surface area (Å²) in [4.78, 5) is 39.1. The number of benzene rings is 1. The normalized spacial score (nSPS) is 14.1. The van der Waals surface area contributed by atoms with Crippen LogP contribution < -0.4 is 4.90 Å². The van der Waals surface area contributed by atoms with Gasteiger partial charge in [0.05, 0.1) is 4.92 Å². The summed E-state index contributed by atoms with van der Waals surface area (Å²) in [6.07, 6.45) is 4.47. The van der Waals surface area contributed by atoms with E-state index in [4.69, 9.17) is 0 Å². The second-order valence-electron chi connectivity index (χ2n) is 6.16. The maximum atomic E-state index is 12.6. The van der Waals surface area contributed by atoms with Crippen LogP contribution in [-0.4, -0.2) is 66.6 Å². The van der Waals surface area contributed by atoms with Gasteiger partial charge >= 0.3 is 0 Å². The highest BCUT2D eigenvalue weighted by atomic mass is 16.6. The number of hydrogen-bond acceptors (Lipinski definition) is 8. The standard InChI is InChI=1S/C17H16N8O3/c26-17(13-1-3-14(4-2-13)25(27)28)23-7-5-22(6-8-23)15-9-16(20-11-19-15)24-12-18-10-21-24/h1-4,9-12H,5-8H2. The number of amides is 1. The van der Waals surface area contributed by atoms with Crippen molar-refractivity contribution in [1.82, 2.24) is 29.6 Å². The first-order valence-corrected chi connectivity index (χ1v) is 8.57. The molecule has 0 saturated carbocycles. The van der Waals surface area contributed by atoms with Gasteiger partial charge in [0.15, 0.2) is 5.82 Å². The number of carbonyl (C=O) groups excluding carboxylic acids is 1. The van der Waals surface area contributed by atoms with Crippen LogP contribution in [0.25, 0.3) is 5.82 Å². The van der Waals surface area contributed by atoms with Crippen molar-refractivity contribution in [2.45, 2.75) is 0 Å². The average Bonchev–Trinajstić information content (AvgIpc) is 3.28. The summed E-state index contributed by atoms with van der Waals surface area (Å²) in [5.41, 5.74) is 0.405. The first kappa shape index (κ1) is 17.5. The molecule has 0 bridgehead atoms. The lowest BCUT2D eigenvalue weighted by molar-refractivity contribution is -0.384. The van der Waals surface area contributed by atoms with Crippen molar-refractivity contribution in [3.63, 3.8) is 0 Å². The van der Waals surface area contributed by atoms with Crippen molar-refractivity contribution in [3.8, 4) is 5.82 Å². The van der Waals surface area contributed by atoms with Crippen LogP contribution >= 0.6 is 0 Å². The Bertz CT molecular complexity index is 982. The number of non-ortho nitro benzene ring substituents is 1. The van der Waals surface area contributed by atoms with Gasteiger partial charge in [0.1, 0.15) is 24.8 Å². The maximum Gasteiger partial charge on any atom is 0.269 e. The molecule has 3 aromatic rings. The van der Waals surface area contributed by atoms with Crippen molar-refractivity contribution in [1.29, 1.82) is 0 Å². The number of nitro benzene ring substituents is 1. The van der Waals surface area contributed by atoms with E-state index in [-0.39, 0.29) is 11.6 Å². The minimum Gasteiger partial charge on any atom is -0.353 e. The molecule has 4 rings (SSSR count). The Morgan fingerprint density at radius 2 is 1.71 bits per heavy atom. The highest BCUT2D eigenvalue weighted by Crippen LogP contribution is 2.18. The van der Waals surface area contributed by atoms with Gasteiger partial charge in [-0.3, -0.25) is 14.9 Å². The zero-order chi connectivity index (χ0) is 19.5. The van der Waals surface area contributed by atoms with Crippen LogP contribution in [0.3, 0.4) is 0 Å². The number of piperazine rings is 1. The Hall–Kier alpha value is -3.89. The van der Waals surface area contributed by atoms with Gasteiger partial charge in [-0.2, -0.15) is 5.10 Å². The molecule has 0 aliphatic carbocycles. The van der Waals surface area contributed by atoms with E-state index in [9.17, 15) is 14.9 Å². The molecule has 11 nitrogen and oxygen atoms in total. The summed E-state index contributed by atoms with van der Waals surface area (Å²) >= 11 is 0. The molecule has 0 atom stereocenters. The largest absolute Gasteiger partial charge is 0.353 e. The van der Waals surface area contributed by atoms with E-state index in [0.717, 1.165) is 5.82 Å². The minimum atomic E-state index is -0.484. The minimum absolute atomic E-state index is 0.0340. The van der Waals surface area contributed by atoms with Crippen molar-refractivity contribution >= 4 is 17.4 Å². The maximum absolute atomic E-state index is 12.6. The average molecular weight is 380 g/mol. The molecule has 0 radical (unpaired) electrons. The molecule has 3 heterocycles. The fraction of sp³-hybridized carbons (Fsp3) is 0.235.